The van der Waals surface area contributed by atoms with Crippen LogP contribution in [0.2, 0.25) is 0 Å². The molecule has 0 spiro atoms. The molecular weight excluding hydrogens is 335 g/mol. The van der Waals surface area contributed by atoms with Gasteiger partial charge in [-0.25, -0.2) is 0 Å². The summed E-state index contributed by atoms with van der Waals surface area (Å²) in [5.74, 6) is -14.5. The summed E-state index contributed by atoms with van der Waals surface area (Å²) in [6.07, 6.45) is -7.38. The van der Waals surface area contributed by atoms with Crippen LogP contribution in [0.5, 0.6) is 0 Å². The van der Waals surface area contributed by atoms with Gasteiger partial charge in [-0.1, -0.05) is 6.92 Å². The van der Waals surface area contributed by atoms with Crippen LogP contribution >= 0.6 is 0 Å². The van der Waals surface area contributed by atoms with Crippen molar-refractivity contribution < 1.29 is 52.1 Å². The van der Waals surface area contributed by atoms with Crippen molar-refractivity contribution in [2.75, 3.05) is 6.61 Å². The number of rotatable bonds is 6. The first-order valence-electron chi connectivity index (χ1n) is 4.65. The van der Waals surface area contributed by atoms with E-state index in [0.29, 0.717) is 0 Å². The topological polar surface area (TPSA) is 43.4 Å². The van der Waals surface area contributed by atoms with Crippen LogP contribution in [-0.4, -0.2) is 38.3 Å². The van der Waals surface area contributed by atoms with Crippen molar-refractivity contribution in [1.82, 2.24) is 0 Å². The first kappa shape index (κ1) is 19.3. The van der Waals surface area contributed by atoms with E-state index in [1.54, 1.807) is 0 Å². The smallest absolute Gasteiger partial charge is 0.265 e. The van der Waals surface area contributed by atoms with Crippen LogP contribution in [0.4, 0.5) is 39.5 Å². The number of hydrogen-bond donors (Lipinski definition) is 0. The largest absolute Gasteiger partial charge is 0.460 e. The molecule has 20 heavy (non-hydrogen) atoms. The van der Waals surface area contributed by atoms with Gasteiger partial charge in [-0.05, 0) is 6.42 Å². The maximum atomic E-state index is 12.9. The Balaban J connectivity index is 5.82. The highest BCUT2D eigenvalue weighted by atomic mass is 32.2. The fraction of sp³-hybridized carbons (Fsp3) is 1.00. The van der Waals surface area contributed by atoms with Crippen LogP contribution in [0.3, 0.4) is 0 Å². The van der Waals surface area contributed by atoms with Gasteiger partial charge in [0.15, 0.2) is 0 Å². The highest BCUT2D eigenvalue weighted by Crippen LogP contribution is 2.54. The van der Waals surface area contributed by atoms with E-state index in [-0.39, 0.29) is 6.42 Å². The molecule has 0 fully saturated rings. The first-order valence-corrected chi connectivity index (χ1v) is 6.06. The van der Waals surface area contributed by atoms with Crippen LogP contribution in [-0.2, 0) is 14.3 Å². The van der Waals surface area contributed by atoms with Crippen molar-refractivity contribution >= 4 is 10.1 Å². The highest BCUT2D eigenvalue weighted by Gasteiger charge is 2.85. The molecule has 0 unspecified atom stereocenters. The molecule has 0 N–H and O–H groups in total. The summed E-state index contributed by atoms with van der Waals surface area (Å²) in [5, 5.41) is -6.77. The molecule has 0 aromatic rings. The molecule has 0 rings (SSSR count). The summed E-state index contributed by atoms with van der Waals surface area (Å²) in [6, 6.07) is 0. The molecule has 0 bridgehead atoms. The second-order valence-electron chi connectivity index (χ2n) is 3.44. The minimum Gasteiger partial charge on any atom is -0.265 e. The number of halogens is 9. The summed E-state index contributed by atoms with van der Waals surface area (Å²) in [6.45, 7) is 0.0573. The molecule has 0 aromatic carbocycles. The molecule has 0 amide bonds. The summed E-state index contributed by atoms with van der Waals surface area (Å²) in [7, 11) is -6.69. The number of hydrogen-bond acceptors (Lipinski definition) is 3. The maximum Gasteiger partial charge on any atom is 0.460 e. The van der Waals surface area contributed by atoms with Gasteiger partial charge in [0.05, 0.1) is 6.61 Å². The summed E-state index contributed by atoms with van der Waals surface area (Å²) < 4.78 is 136. The lowest BCUT2D eigenvalue weighted by molar-refractivity contribution is -0.382. The molecule has 0 aliphatic carbocycles. The van der Waals surface area contributed by atoms with E-state index < -0.39 is 40.0 Å². The quantitative estimate of drug-likeness (QED) is 0.550. The van der Waals surface area contributed by atoms with Gasteiger partial charge in [-0.2, -0.15) is 47.9 Å². The lowest BCUT2D eigenvalue weighted by Crippen LogP contribution is -2.63. The average molecular weight is 342 g/mol. The lowest BCUT2D eigenvalue weighted by Gasteiger charge is -2.32. The molecule has 0 saturated heterocycles. The normalized spacial score (nSPS) is 15.5. The molecule has 0 atom stereocenters. The molecule has 3 nitrogen and oxygen atoms in total. The first-order chi connectivity index (χ1) is 8.56. The van der Waals surface area contributed by atoms with Crippen LogP contribution in [0.1, 0.15) is 13.3 Å². The fourth-order valence-electron chi connectivity index (χ4n) is 0.785. The van der Waals surface area contributed by atoms with Crippen molar-refractivity contribution in [3.63, 3.8) is 0 Å². The van der Waals surface area contributed by atoms with E-state index in [9.17, 15) is 47.9 Å². The van der Waals surface area contributed by atoms with Crippen LogP contribution < -0.4 is 0 Å². The average Bonchev–Trinajstić information content (AvgIpc) is 2.24. The molecular formula is C7H7F9O3S. The molecule has 122 valence electrons. The van der Waals surface area contributed by atoms with Crippen molar-refractivity contribution in [3.05, 3.63) is 0 Å². The number of alkyl halides is 9. The Labute approximate surface area is 106 Å². The van der Waals surface area contributed by atoms with Crippen molar-refractivity contribution in [2.24, 2.45) is 0 Å². The maximum absolute atomic E-state index is 12.9. The standard InChI is InChI=1S/C7H7F9O3S/c1-2-3-19-20(17,18)7(15,16)5(10,11)4(8,9)6(12,13)14/h2-3H2,1H3. The van der Waals surface area contributed by atoms with Gasteiger partial charge in [0, 0.05) is 0 Å². The summed E-state index contributed by atoms with van der Waals surface area (Å²) in [5.41, 5.74) is 0. The van der Waals surface area contributed by atoms with Crippen molar-refractivity contribution in [1.29, 1.82) is 0 Å². The van der Waals surface area contributed by atoms with Crippen LogP contribution in [0, 0.1) is 0 Å². The third kappa shape index (κ3) is 2.82. The lowest BCUT2D eigenvalue weighted by atomic mass is 10.1. The third-order valence-electron chi connectivity index (χ3n) is 1.87. The van der Waals surface area contributed by atoms with Gasteiger partial charge in [-0.3, -0.25) is 4.18 Å². The molecule has 0 aliphatic rings. The zero-order valence-corrected chi connectivity index (χ0v) is 10.3. The second kappa shape index (κ2) is 5.24. The van der Waals surface area contributed by atoms with E-state index in [0.717, 1.165) is 6.92 Å². The van der Waals surface area contributed by atoms with Crippen molar-refractivity contribution in [3.8, 4) is 0 Å². The zero-order valence-electron chi connectivity index (χ0n) is 9.45. The Morgan fingerprint density at radius 2 is 1.25 bits per heavy atom. The molecule has 0 heterocycles. The van der Waals surface area contributed by atoms with Crippen LogP contribution in [0.25, 0.3) is 0 Å². The molecule has 13 heteroatoms. The van der Waals surface area contributed by atoms with Crippen LogP contribution in [0.15, 0.2) is 0 Å². The third-order valence-corrected chi connectivity index (χ3v) is 3.23. The van der Waals surface area contributed by atoms with Crippen molar-refractivity contribution in [2.45, 2.75) is 36.6 Å². The highest BCUT2D eigenvalue weighted by molar-refractivity contribution is 7.87. The van der Waals surface area contributed by atoms with E-state index in [4.69, 9.17) is 0 Å². The minimum absolute atomic E-state index is 0.295. The second-order valence-corrected chi connectivity index (χ2v) is 5.10. The van der Waals surface area contributed by atoms with Gasteiger partial charge in [-0.15, -0.1) is 0 Å². The monoisotopic (exact) mass is 342 g/mol. The van der Waals surface area contributed by atoms with Gasteiger partial charge in [0.1, 0.15) is 0 Å². The molecule has 0 saturated carbocycles. The zero-order chi connectivity index (χ0) is 16.6. The van der Waals surface area contributed by atoms with E-state index in [1.165, 1.54) is 0 Å². The Morgan fingerprint density at radius 3 is 1.55 bits per heavy atom. The van der Waals surface area contributed by atoms with E-state index in [1.807, 2.05) is 0 Å². The van der Waals surface area contributed by atoms with Gasteiger partial charge in [0.25, 0.3) is 0 Å². The SMILES string of the molecule is CCCOS(=O)(=O)C(F)(F)C(F)(F)C(F)(F)C(F)(F)F. The fourth-order valence-corrected chi connectivity index (χ4v) is 1.76. The Hall–Kier alpha value is -0.720. The predicted octanol–water partition coefficient (Wildman–Crippen LogP) is 3.17. The molecule has 0 radical (unpaired) electrons. The Morgan fingerprint density at radius 1 is 0.850 bits per heavy atom. The summed E-state index contributed by atoms with van der Waals surface area (Å²) >= 11 is 0. The Bertz CT molecular complexity index is 439. The predicted molar refractivity (Wildman–Crippen MR) is 46.1 cm³/mol. The van der Waals surface area contributed by atoms with Gasteiger partial charge < -0.3 is 0 Å². The van der Waals surface area contributed by atoms with E-state index in [2.05, 4.69) is 4.18 Å². The molecule has 0 aliphatic heterocycles. The minimum atomic E-state index is -7.27. The van der Waals surface area contributed by atoms with Gasteiger partial charge >= 0.3 is 33.4 Å². The molecule has 0 aromatic heterocycles. The summed E-state index contributed by atoms with van der Waals surface area (Å²) in [4.78, 5) is 0. The Kier molecular flexibility index (Phi) is 5.05. The van der Waals surface area contributed by atoms with E-state index >= 15 is 0 Å². The van der Waals surface area contributed by atoms with Gasteiger partial charge in [0.2, 0.25) is 0 Å².